The normalized spacial score (nSPS) is 21.5. The van der Waals surface area contributed by atoms with Crippen molar-refractivity contribution in [3.63, 3.8) is 0 Å². The number of amides is 1. The van der Waals surface area contributed by atoms with Crippen LogP contribution >= 0.6 is 0 Å². The van der Waals surface area contributed by atoms with Crippen molar-refractivity contribution in [1.82, 2.24) is 9.80 Å². The molecule has 41 heavy (non-hydrogen) atoms. The van der Waals surface area contributed by atoms with E-state index in [2.05, 4.69) is 11.8 Å². The van der Waals surface area contributed by atoms with Gasteiger partial charge in [-0.2, -0.15) is 0 Å². The lowest BCUT2D eigenvalue weighted by atomic mass is 10.0. The molecule has 0 fully saturated rings. The zero-order valence-electron chi connectivity index (χ0n) is 25.4. The molecule has 0 aromatic heterocycles. The van der Waals surface area contributed by atoms with Gasteiger partial charge in [-0.1, -0.05) is 19.1 Å². The lowest BCUT2D eigenvalue weighted by molar-refractivity contribution is -0.0177. The predicted molar refractivity (Wildman–Crippen MR) is 161 cm³/mol. The van der Waals surface area contributed by atoms with Crippen LogP contribution in [0.3, 0.4) is 0 Å². The van der Waals surface area contributed by atoms with Gasteiger partial charge in [-0.25, -0.2) is 4.79 Å². The Morgan fingerprint density at radius 2 is 1.80 bits per heavy atom. The molecule has 0 radical (unpaired) electrons. The van der Waals surface area contributed by atoms with Gasteiger partial charge in [0.05, 0.1) is 36.0 Å². The number of carbonyl (C=O) groups is 2. The van der Waals surface area contributed by atoms with Crippen LogP contribution in [0.15, 0.2) is 42.5 Å². The highest BCUT2D eigenvalue weighted by Gasteiger charge is 2.30. The van der Waals surface area contributed by atoms with Crippen molar-refractivity contribution in [2.45, 2.75) is 64.8 Å². The Morgan fingerprint density at radius 3 is 2.44 bits per heavy atom. The lowest BCUT2D eigenvalue weighted by Crippen LogP contribution is -2.47. The summed E-state index contributed by atoms with van der Waals surface area (Å²) in [5.74, 6) is -0.570. The number of aliphatic hydroxyl groups excluding tert-OH is 1. The molecule has 3 rings (SSSR count). The molecule has 1 aliphatic heterocycles. The van der Waals surface area contributed by atoms with Crippen molar-refractivity contribution >= 4 is 17.6 Å². The number of ether oxygens (including phenoxy) is 2. The van der Waals surface area contributed by atoms with Crippen molar-refractivity contribution < 1.29 is 29.3 Å². The number of fused-ring (bicyclic) bond motifs is 1. The molecule has 4 atom stereocenters. The van der Waals surface area contributed by atoms with E-state index in [1.807, 2.05) is 70.2 Å². The van der Waals surface area contributed by atoms with E-state index in [4.69, 9.17) is 9.47 Å². The van der Waals surface area contributed by atoms with Gasteiger partial charge in [0.1, 0.15) is 5.75 Å². The van der Waals surface area contributed by atoms with E-state index < -0.39 is 12.0 Å². The lowest BCUT2D eigenvalue weighted by Gasteiger charge is -2.36. The second kappa shape index (κ2) is 15.2. The van der Waals surface area contributed by atoms with Gasteiger partial charge in [0.2, 0.25) is 0 Å². The minimum atomic E-state index is -0.940. The molecule has 2 aromatic carbocycles. The summed E-state index contributed by atoms with van der Waals surface area (Å²) in [5, 5.41) is 19.3. The van der Waals surface area contributed by atoms with Crippen molar-refractivity contribution in [2.24, 2.45) is 5.92 Å². The van der Waals surface area contributed by atoms with Crippen LogP contribution in [0.1, 0.15) is 66.3 Å². The number of anilines is 1. The topological polar surface area (TPSA) is 103 Å². The van der Waals surface area contributed by atoms with Crippen LogP contribution in [0, 0.1) is 5.92 Å². The highest BCUT2D eigenvalue weighted by molar-refractivity contribution is 5.98. The van der Waals surface area contributed by atoms with Gasteiger partial charge < -0.3 is 29.5 Å². The first-order valence-electron chi connectivity index (χ1n) is 14.5. The first-order chi connectivity index (χ1) is 19.5. The number of carbonyl (C=O) groups excluding carboxylic acids is 1. The summed E-state index contributed by atoms with van der Waals surface area (Å²) in [6.07, 6.45) is 2.48. The number of likely N-dealkylation sites (N-methyl/N-ethyl adjacent to an activating group) is 1. The van der Waals surface area contributed by atoms with E-state index in [1.165, 1.54) is 0 Å². The van der Waals surface area contributed by atoms with Crippen LogP contribution in [0.4, 0.5) is 5.69 Å². The Labute approximate surface area is 244 Å². The van der Waals surface area contributed by atoms with E-state index in [-0.39, 0.29) is 36.2 Å². The molecule has 1 amide bonds. The maximum Gasteiger partial charge on any atom is 0.335 e. The molecule has 0 spiro atoms. The average Bonchev–Trinajstić information content (AvgIpc) is 2.94. The van der Waals surface area contributed by atoms with Crippen LogP contribution in [0.2, 0.25) is 0 Å². The van der Waals surface area contributed by atoms with Gasteiger partial charge in [0, 0.05) is 51.9 Å². The van der Waals surface area contributed by atoms with E-state index in [1.54, 1.807) is 17.0 Å². The average molecular weight is 570 g/mol. The number of aliphatic hydroxyl groups is 1. The fourth-order valence-electron chi connectivity index (χ4n) is 5.09. The first kappa shape index (κ1) is 32.4. The molecule has 2 N–H and O–H groups in total. The first-order valence-corrected chi connectivity index (χ1v) is 14.5. The van der Waals surface area contributed by atoms with Crippen molar-refractivity contribution in [2.75, 3.05) is 52.3 Å². The minimum absolute atomic E-state index is 0.0203. The second-order valence-electron chi connectivity index (χ2n) is 11.6. The van der Waals surface area contributed by atoms with Crippen LogP contribution in [-0.4, -0.2) is 97.6 Å². The third-order valence-corrected chi connectivity index (χ3v) is 7.70. The van der Waals surface area contributed by atoms with Crippen LogP contribution in [0.5, 0.6) is 5.75 Å². The highest BCUT2D eigenvalue weighted by Crippen LogP contribution is 2.29. The Morgan fingerprint density at radius 1 is 1.10 bits per heavy atom. The molecular weight excluding hydrogens is 522 g/mol. The maximum atomic E-state index is 14.1. The molecule has 9 heteroatoms. The third-order valence-electron chi connectivity index (χ3n) is 7.70. The van der Waals surface area contributed by atoms with Gasteiger partial charge in [0.25, 0.3) is 5.91 Å². The van der Waals surface area contributed by atoms with Crippen molar-refractivity contribution in [1.29, 1.82) is 0 Å². The zero-order chi connectivity index (χ0) is 30.1. The summed E-state index contributed by atoms with van der Waals surface area (Å²) < 4.78 is 12.7. The number of hydrogen-bond acceptors (Lipinski definition) is 7. The van der Waals surface area contributed by atoms with Crippen molar-refractivity contribution in [3.05, 3.63) is 59.2 Å². The molecule has 0 saturated carbocycles. The molecule has 226 valence electrons. The summed E-state index contributed by atoms with van der Waals surface area (Å²) >= 11 is 0. The van der Waals surface area contributed by atoms with E-state index >= 15 is 0 Å². The molecule has 1 heterocycles. The Balaban J connectivity index is 1.87. The molecule has 0 saturated heterocycles. The Bertz CT molecular complexity index is 1140. The largest absolute Gasteiger partial charge is 0.490 e. The van der Waals surface area contributed by atoms with Gasteiger partial charge in [-0.3, -0.25) is 9.69 Å². The third kappa shape index (κ3) is 9.18. The maximum absolute atomic E-state index is 14.1. The van der Waals surface area contributed by atoms with Gasteiger partial charge in [0.15, 0.2) is 0 Å². The second-order valence-corrected chi connectivity index (χ2v) is 11.6. The Hall–Kier alpha value is -3.14. The van der Waals surface area contributed by atoms with E-state index in [0.717, 1.165) is 30.5 Å². The molecule has 0 unspecified atom stereocenters. The van der Waals surface area contributed by atoms with Crippen LogP contribution < -0.4 is 9.64 Å². The minimum Gasteiger partial charge on any atom is -0.490 e. The molecule has 0 aliphatic carbocycles. The fourth-order valence-corrected chi connectivity index (χ4v) is 5.09. The summed E-state index contributed by atoms with van der Waals surface area (Å²) in [5.41, 5.74) is 2.67. The number of carboxylic acid groups (broad SMARTS) is 1. The van der Waals surface area contributed by atoms with Crippen molar-refractivity contribution in [3.8, 4) is 5.75 Å². The smallest absolute Gasteiger partial charge is 0.335 e. The quantitative estimate of drug-likeness (QED) is 0.483. The Kier molecular flexibility index (Phi) is 12.0. The highest BCUT2D eigenvalue weighted by atomic mass is 16.5. The van der Waals surface area contributed by atoms with Crippen LogP contribution in [-0.2, 0) is 11.3 Å². The molecular formula is C32H47N3O6. The standard InChI is InChI=1S/C32H47N3O6/c1-22-18-35(23(2)21-36)31(37)28-17-27(33(4)5)14-15-29(28)41-24(3)9-7-8-16-40-30(22)20-34(6)19-25-10-12-26(13-11-25)32(38)39/h10-15,17,22-24,30,36H,7-9,16,18-21H2,1-6H3,(H,38,39)/t22-,23+,24+,30-/m1/s1. The van der Waals surface area contributed by atoms with Gasteiger partial charge in [-0.05, 0) is 76.1 Å². The number of rotatable bonds is 8. The number of benzene rings is 2. The summed E-state index contributed by atoms with van der Waals surface area (Å²) in [6.45, 7) is 8.11. The predicted octanol–water partition coefficient (Wildman–Crippen LogP) is 4.38. The molecule has 9 nitrogen and oxygen atoms in total. The summed E-state index contributed by atoms with van der Waals surface area (Å²) in [7, 11) is 5.89. The van der Waals surface area contributed by atoms with Crippen LogP contribution in [0.25, 0.3) is 0 Å². The van der Waals surface area contributed by atoms with Gasteiger partial charge >= 0.3 is 5.97 Å². The van der Waals surface area contributed by atoms with E-state index in [0.29, 0.717) is 37.6 Å². The monoisotopic (exact) mass is 569 g/mol. The number of hydrogen-bond donors (Lipinski definition) is 2. The number of aromatic carboxylic acids is 1. The fraction of sp³-hybridized carbons (Fsp3) is 0.562. The van der Waals surface area contributed by atoms with Gasteiger partial charge in [-0.15, -0.1) is 0 Å². The van der Waals surface area contributed by atoms with E-state index in [9.17, 15) is 19.8 Å². The summed E-state index contributed by atoms with van der Waals surface area (Å²) in [4.78, 5) is 31.2. The number of nitrogens with zero attached hydrogens (tertiary/aromatic N) is 3. The molecule has 1 aliphatic rings. The summed E-state index contributed by atoms with van der Waals surface area (Å²) in [6, 6.07) is 12.2. The molecule has 2 aromatic rings. The molecule has 0 bridgehead atoms. The number of carboxylic acids is 1. The SMILES string of the molecule is C[C@@H]1CN([C@@H](C)CO)C(=O)c2cc(N(C)C)ccc2O[C@@H](C)CCCCO[C@@H]1CN(C)Cc1ccc(C(=O)O)cc1. The zero-order valence-corrected chi connectivity index (χ0v) is 25.4.